The van der Waals surface area contributed by atoms with Gasteiger partial charge in [0.1, 0.15) is 0 Å². The molecule has 0 spiro atoms. The van der Waals surface area contributed by atoms with Crippen LogP contribution in [0.2, 0.25) is 0 Å². The molecule has 0 unspecified atom stereocenters. The predicted molar refractivity (Wildman–Crippen MR) is 24.9 cm³/mol. The predicted octanol–water partition coefficient (Wildman–Crippen LogP) is 0.992. The maximum absolute atomic E-state index is 11.7. The number of ether oxygens (including phenoxy) is 1. The Hall–Kier alpha value is -0.110. The summed E-state index contributed by atoms with van der Waals surface area (Å²) in [6.07, 6.45) is 0. The van der Waals surface area contributed by atoms with Gasteiger partial charge in [0.2, 0.25) is 0 Å². The minimum Gasteiger partial charge on any atom is -0.380 e. The van der Waals surface area contributed by atoms with E-state index in [2.05, 4.69) is 0 Å². The number of halogens is 1. The highest BCUT2D eigenvalue weighted by Gasteiger charge is 2.32. The number of rotatable bonds is 1. The highest BCUT2D eigenvalue weighted by molar-refractivity contribution is 4.79. The van der Waals surface area contributed by atoms with Crippen molar-refractivity contribution in [1.29, 1.82) is 0 Å². The van der Waals surface area contributed by atoms with Crippen LogP contribution in [0, 0.1) is 5.41 Å². The van der Waals surface area contributed by atoms with E-state index in [1.54, 1.807) is 0 Å². The van der Waals surface area contributed by atoms with E-state index in [1.807, 2.05) is 6.92 Å². The first-order valence-corrected chi connectivity index (χ1v) is 2.41. The Morgan fingerprint density at radius 1 is 1.71 bits per heavy atom. The van der Waals surface area contributed by atoms with Crippen molar-refractivity contribution in [2.45, 2.75) is 6.92 Å². The number of hydrogen-bond acceptors (Lipinski definition) is 1. The van der Waals surface area contributed by atoms with Gasteiger partial charge in [0.25, 0.3) is 0 Å². The second-order valence-corrected chi connectivity index (χ2v) is 2.44. The van der Waals surface area contributed by atoms with Gasteiger partial charge in [-0.2, -0.15) is 0 Å². The van der Waals surface area contributed by atoms with Gasteiger partial charge in [0.15, 0.2) is 0 Å². The van der Waals surface area contributed by atoms with Gasteiger partial charge in [0.05, 0.1) is 19.9 Å². The largest absolute Gasteiger partial charge is 0.380 e. The van der Waals surface area contributed by atoms with Crippen LogP contribution in [-0.2, 0) is 4.74 Å². The molecule has 0 atom stereocenters. The number of hydrogen-bond donors (Lipinski definition) is 0. The quantitative estimate of drug-likeness (QED) is 0.482. The molecule has 42 valence electrons. The molecule has 1 nitrogen and oxygen atoms in total. The minimum absolute atomic E-state index is 0.125. The fourth-order valence-electron chi connectivity index (χ4n) is 0.528. The molecule has 2 heteroatoms. The van der Waals surface area contributed by atoms with E-state index in [0.717, 1.165) is 0 Å². The van der Waals surface area contributed by atoms with Crippen molar-refractivity contribution in [3.05, 3.63) is 0 Å². The molecule has 1 aliphatic rings. The first kappa shape index (κ1) is 5.04. The van der Waals surface area contributed by atoms with Gasteiger partial charge in [-0.15, -0.1) is 0 Å². The van der Waals surface area contributed by atoms with Gasteiger partial charge in [-0.25, -0.2) is 0 Å². The summed E-state index contributed by atoms with van der Waals surface area (Å²) >= 11 is 0. The van der Waals surface area contributed by atoms with Gasteiger partial charge < -0.3 is 4.74 Å². The van der Waals surface area contributed by atoms with Gasteiger partial charge in [-0.05, 0) is 0 Å². The molecule has 0 aromatic heterocycles. The van der Waals surface area contributed by atoms with E-state index in [1.165, 1.54) is 0 Å². The molecule has 0 N–H and O–H groups in total. The molecule has 0 bridgehead atoms. The zero-order chi connectivity index (χ0) is 5.33. The van der Waals surface area contributed by atoms with E-state index < -0.39 is 0 Å². The molecule has 1 aliphatic heterocycles. The summed E-state index contributed by atoms with van der Waals surface area (Å²) in [7, 11) is 0. The summed E-state index contributed by atoms with van der Waals surface area (Å²) in [6, 6.07) is 0. The first-order chi connectivity index (χ1) is 3.27. The fourth-order valence-corrected chi connectivity index (χ4v) is 0.528. The molecule has 1 rings (SSSR count). The van der Waals surface area contributed by atoms with Crippen molar-refractivity contribution in [2.75, 3.05) is 19.9 Å². The maximum atomic E-state index is 11.7. The summed E-state index contributed by atoms with van der Waals surface area (Å²) in [5.41, 5.74) is -0.125. The Bertz CT molecular complexity index is 63.0. The minimum atomic E-state index is -0.243. The van der Waals surface area contributed by atoms with Crippen LogP contribution in [0.15, 0.2) is 0 Å². The molecule has 1 saturated heterocycles. The van der Waals surface area contributed by atoms with E-state index in [4.69, 9.17) is 4.74 Å². The van der Waals surface area contributed by atoms with E-state index >= 15 is 0 Å². The number of alkyl halides is 1. The molecular formula is C5H9FO. The maximum Gasteiger partial charge on any atom is 0.0992 e. The monoisotopic (exact) mass is 104 g/mol. The van der Waals surface area contributed by atoms with Gasteiger partial charge in [0, 0.05) is 5.41 Å². The van der Waals surface area contributed by atoms with Crippen LogP contribution in [0.3, 0.4) is 0 Å². The average molecular weight is 104 g/mol. The van der Waals surface area contributed by atoms with Crippen molar-refractivity contribution < 1.29 is 9.13 Å². The summed E-state index contributed by atoms with van der Waals surface area (Å²) in [5, 5.41) is 0. The highest BCUT2D eigenvalue weighted by atomic mass is 19.1. The Morgan fingerprint density at radius 2 is 2.29 bits per heavy atom. The first-order valence-electron chi connectivity index (χ1n) is 2.41. The molecule has 1 heterocycles. The summed E-state index contributed by atoms with van der Waals surface area (Å²) < 4.78 is 16.5. The van der Waals surface area contributed by atoms with Crippen LogP contribution >= 0.6 is 0 Å². The lowest BCUT2D eigenvalue weighted by Gasteiger charge is -2.34. The lowest BCUT2D eigenvalue weighted by Crippen LogP contribution is -2.41. The van der Waals surface area contributed by atoms with Crippen LogP contribution in [0.25, 0.3) is 0 Å². The van der Waals surface area contributed by atoms with Crippen LogP contribution in [-0.4, -0.2) is 19.9 Å². The van der Waals surface area contributed by atoms with Gasteiger partial charge >= 0.3 is 0 Å². The molecule has 1 fully saturated rings. The van der Waals surface area contributed by atoms with Gasteiger partial charge in [-0.3, -0.25) is 4.39 Å². The third kappa shape index (κ3) is 0.752. The molecule has 0 aromatic rings. The van der Waals surface area contributed by atoms with Crippen molar-refractivity contribution in [3.8, 4) is 0 Å². The second kappa shape index (κ2) is 1.44. The molecule has 0 aromatic carbocycles. The van der Waals surface area contributed by atoms with E-state index in [0.29, 0.717) is 13.2 Å². The average Bonchev–Trinajstić information content (AvgIpc) is 1.61. The molecular weight excluding hydrogens is 95.1 g/mol. The highest BCUT2D eigenvalue weighted by Crippen LogP contribution is 2.26. The van der Waals surface area contributed by atoms with Crippen LogP contribution in [0.4, 0.5) is 4.39 Å². The third-order valence-electron chi connectivity index (χ3n) is 1.22. The topological polar surface area (TPSA) is 9.23 Å². The summed E-state index contributed by atoms with van der Waals surface area (Å²) in [4.78, 5) is 0. The second-order valence-electron chi connectivity index (χ2n) is 2.44. The van der Waals surface area contributed by atoms with Crippen molar-refractivity contribution >= 4 is 0 Å². The lowest BCUT2D eigenvalue weighted by molar-refractivity contribution is -0.111. The fraction of sp³-hybridized carbons (Fsp3) is 1.00. The zero-order valence-electron chi connectivity index (χ0n) is 4.41. The Kier molecular flexibility index (Phi) is 1.04. The standard InChI is InChI=1S/C5H9FO/c1-5(2-6)3-7-4-5/h2-4H2,1H3. The van der Waals surface area contributed by atoms with Gasteiger partial charge in [-0.1, -0.05) is 6.92 Å². The van der Waals surface area contributed by atoms with Crippen LogP contribution in [0.5, 0.6) is 0 Å². The molecule has 0 radical (unpaired) electrons. The summed E-state index contributed by atoms with van der Waals surface area (Å²) in [5.74, 6) is 0. The Balaban J connectivity index is 2.29. The van der Waals surface area contributed by atoms with Crippen LogP contribution in [0.1, 0.15) is 6.92 Å². The molecule has 0 aliphatic carbocycles. The smallest absolute Gasteiger partial charge is 0.0992 e. The SMILES string of the molecule is CC1(CF)COC1. The normalized spacial score (nSPS) is 26.6. The van der Waals surface area contributed by atoms with E-state index in [-0.39, 0.29) is 12.1 Å². The molecule has 0 amide bonds. The van der Waals surface area contributed by atoms with Crippen molar-refractivity contribution in [2.24, 2.45) is 5.41 Å². The lowest BCUT2D eigenvalue weighted by atomic mass is 9.91. The third-order valence-corrected chi connectivity index (χ3v) is 1.22. The van der Waals surface area contributed by atoms with Crippen LogP contribution < -0.4 is 0 Å². The Labute approximate surface area is 42.5 Å². The Morgan fingerprint density at radius 3 is 2.29 bits per heavy atom. The zero-order valence-corrected chi connectivity index (χ0v) is 4.41. The molecule has 7 heavy (non-hydrogen) atoms. The molecule has 0 saturated carbocycles. The summed E-state index contributed by atoms with van der Waals surface area (Å²) in [6.45, 7) is 2.84. The van der Waals surface area contributed by atoms with Crippen molar-refractivity contribution in [3.63, 3.8) is 0 Å². The van der Waals surface area contributed by atoms with Crippen molar-refractivity contribution in [1.82, 2.24) is 0 Å². The van der Waals surface area contributed by atoms with E-state index in [9.17, 15) is 4.39 Å².